The lowest BCUT2D eigenvalue weighted by Crippen LogP contribution is -2.50. The monoisotopic (exact) mass is 529 g/mol. The summed E-state index contributed by atoms with van der Waals surface area (Å²) in [5.74, 6) is 0.429. The first-order valence-electron chi connectivity index (χ1n) is 12.9. The molecule has 1 saturated carbocycles. The fraction of sp³-hybridized carbons (Fsp3) is 0.536. The summed E-state index contributed by atoms with van der Waals surface area (Å²) in [5.41, 5.74) is 0.261. The Morgan fingerprint density at radius 1 is 1.05 bits per heavy atom. The molecule has 1 aliphatic carbocycles. The SMILES string of the molecule is CC(C)(C)OC(=O)N[C@@H](CCCCNC(=O)OCc1ccccc1)C(=O)N(Cc1cccs1)CC1CC1. The number of unbranched alkanes of at least 4 members (excludes halogenated alkanes) is 1. The van der Waals surface area contributed by atoms with Gasteiger partial charge >= 0.3 is 12.2 Å². The summed E-state index contributed by atoms with van der Waals surface area (Å²) >= 11 is 1.62. The quantitative estimate of drug-likeness (QED) is 0.335. The smallest absolute Gasteiger partial charge is 0.408 e. The zero-order valence-electron chi connectivity index (χ0n) is 22.0. The van der Waals surface area contributed by atoms with Crippen LogP contribution in [0, 0.1) is 5.92 Å². The van der Waals surface area contributed by atoms with Crippen molar-refractivity contribution in [2.24, 2.45) is 5.92 Å². The molecule has 2 aromatic rings. The van der Waals surface area contributed by atoms with E-state index in [1.54, 1.807) is 32.1 Å². The van der Waals surface area contributed by atoms with E-state index in [4.69, 9.17) is 9.47 Å². The number of alkyl carbamates (subject to hydrolysis) is 2. The molecule has 0 bridgehead atoms. The number of thiophene rings is 1. The Labute approximate surface area is 223 Å². The number of carbonyl (C=O) groups excluding carboxylic acids is 3. The number of amides is 3. The third-order valence-corrected chi connectivity index (χ3v) is 6.67. The molecule has 3 amide bonds. The molecule has 0 radical (unpaired) electrons. The number of ether oxygens (including phenoxy) is 2. The van der Waals surface area contributed by atoms with Crippen LogP contribution < -0.4 is 10.6 Å². The Balaban J connectivity index is 1.51. The maximum Gasteiger partial charge on any atom is 0.408 e. The molecule has 1 aromatic carbocycles. The molecule has 1 aliphatic rings. The van der Waals surface area contributed by atoms with Crippen molar-refractivity contribution < 1.29 is 23.9 Å². The molecule has 0 unspecified atom stereocenters. The fourth-order valence-corrected chi connectivity index (χ4v) is 4.52. The van der Waals surface area contributed by atoms with Crippen LogP contribution in [0.15, 0.2) is 47.8 Å². The van der Waals surface area contributed by atoms with Crippen molar-refractivity contribution in [1.82, 2.24) is 15.5 Å². The second-order valence-corrected chi connectivity index (χ2v) is 11.5. The minimum atomic E-state index is -0.696. The van der Waals surface area contributed by atoms with E-state index in [-0.39, 0.29) is 12.5 Å². The van der Waals surface area contributed by atoms with E-state index in [0.717, 1.165) is 23.3 Å². The highest BCUT2D eigenvalue weighted by Crippen LogP contribution is 2.31. The van der Waals surface area contributed by atoms with Gasteiger partial charge in [-0.25, -0.2) is 9.59 Å². The summed E-state index contributed by atoms with van der Waals surface area (Å²) < 4.78 is 10.7. The summed E-state index contributed by atoms with van der Waals surface area (Å²) in [6.45, 7) is 7.24. The van der Waals surface area contributed by atoms with Crippen LogP contribution in [0.1, 0.15) is 63.3 Å². The summed E-state index contributed by atoms with van der Waals surface area (Å²) in [6, 6.07) is 12.8. The number of carbonyl (C=O) groups is 3. The van der Waals surface area contributed by atoms with Gasteiger partial charge in [0.15, 0.2) is 0 Å². The second-order valence-electron chi connectivity index (χ2n) is 10.4. The van der Waals surface area contributed by atoms with Crippen molar-refractivity contribution >= 4 is 29.4 Å². The van der Waals surface area contributed by atoms with E-state index in [0.29, 0.717) is 44.8 Å². The number of hydrogen-bond acceptors (Lipinski definition) is 6. The highest BCUT2D eigenvalue weighted by Gasteiger charge is 2.32. The van der Waals surface area contributed by atoms with Gasteiger partial charge in [-0.05, 0) is 75.8 Å². The molecule has 3 rings (SSSR count). The van der Waals surface area contributed by atoms with Crippen molar-refractivity contribution in [2.45, 2.75) is 77.7 Å². The predicted molar refractivity (Wildman–Crippen MR) is 144 cm³/mol. The van der Waals surface area contributed by atoms with Crippen LogP contribution >= 0.6 is 11.3 Å². The summed E-state index contributed by atoms with van der Waals surface area (Å²) in [5, 5.41) is 7.56. The summed E-state index contributed by atoms with van der Waals surface area (Å²) in [6.07, 6.45) is 2.92. The van der Waals surface area contributed by atoms with Crippen molar-refractivity contribution in [3.63, 3.8) is 0 Å². The zero-order valence-corrected chi connectivity index (χ0v) is 22.9. The fourth-order valence-electron chi connectivity index (χ4n) is 3.80. The molecule has 0 saturated heterocycles. The lowest BCUT2D eigenvalue weighted by molar-refractivity contribution is -0.134. The first kappa shape index (κ1) is 28.5. The minimum absolute atomic E-state index is 0.0959. The largest absolute Gasteiger partial charge is 0.445 e. The number of nitrogens with one attached hydrogen (secondary N) is 2. The molecular formula is C28H39N3O5S. The Morgan fingerprint density at radius 2 is 1.81 bits per heavy atom. The van der Waals surface area contributed by atoms with E-state index >= 15 is 0 Å². The Hall–Kier alpha value is -3.07. The zero-order chi connectivity index (χ0) is 26.7. The van der Waals surface area contributed by atoms with Crippen molar-refractivity contribution in [3.8, 4) is 0 Å². The first-order chi connectivity index (χ1) is 17.7. The summed E-state index contributed by atoms with van der Waals surface area (Å²) in [4.78, 5) is 41.1. The number of nitrogens with zero attached hydrogens (tertiary/aromatic N) is 1. The van der Waals surface area contributed by atoms with Gasteiger partial charge in [0.25, 0.3) is 0 Å². The van der Waals surface area contributed by atoms with Gasteiger partial charge in [-0.3, -0.25) is 4.79 Å². The third kappa shape index (κ3) is 11.2. The van der Waals surface area contributed by atoms with E-state index in [9.17, 15) is 14.4 Å². The molecule has 9 heteroatoms. The van der Waals surface area contributed by atoms with Crippen molar-refractivity contribution in [2.75, 3.05) is 13.1 Å². The topological polar surface area (TPSA) is 97.0 Å². The molecule has 2 N–H and O–H groups in total. The lowest BCUT2D eigenvalue weighted by Gasteiger charge is -2.29. The molecule has 1 aromatic heterocycles. The van der Waals surface area contributed by atoms with Crippen LogP contribution in [0.25, 0.3) is 0 Å². The Kier molecular flexibility index (Phi) is 10.8. The normalized spacial score (nSPS) is 13.9. The second kappa shape index (κ2) is 14.0. The standard InChI is InChI=1S/C28H39N3O5S/c1-28(2,3)36-27(34)30-24(25(32)31(18-21-14-15-21)19-23-12-9-17-37-23)13-7-8-16-29-26(33)35-20-22-10-5-4-6-11-22/h4-6,9-12,17,21,24H,7-8,13-16,18-20H2,1-3H3,(H,29,33)(H,30,34)/t24-/m0/s1. The van der Waals surface area contributed by atoms with Crippen LogP contribution in [-0.2, 0) is 27.4 Å². The molecule has 0 aliphatic heterocycles. The number of benzene rings is 1. The van der Waals surface area contributed by atoms with Gasteiger partial charge in [0.05, 0.1) is 6.54 Å². The Morgan fingerprint density at radius 3 is 2.46 bits per heavy atom. The number of hydrogen-bond donors (Lipinski definition) is 2. The van der Waals surface area contributed by atoms with E-state index < -0.39 is 23.8 Å². The van der Waals surface area contributed by atoms with Crippen LogP contribution in [0.2, 0.25) is 0 Å². The first-order valence-corrected chi connectivity index (χ1v) is 13.8. The maximum atomic E-state index is 13.6. The summed E-state index contributed by atoms with van der Waals surface area (Å²) in [7, 11) is 0. The molecule has 202 valence electrons. The van der Waals surface area contributed by atoms with E-state index in [1.165, 1.54) is 0 Å². The Bertz CT molecular complexity index is 987. The molecule has 0 spiro atoms. The molecule has 37 heavy (non-hydrogen) atoms. The van der Waals surface area contributed by atoms with E-state index in [2.05, 4.69) is 10.6 Å². The molecule has 1 heterocycles. The van der Waals surface area contributed by atoms with Crippen molar-refractivity contribution in [1.29, 1.82) is 0 Å². The van der Waals surface area contributed by atoms with Crippen LogP contribution in [0.4, 0.5) is 9.59 Å². The van der Waals surface area contributed by atoms with Gasteiger partial charge in [0.1, 0.15) is 18.2 Å². The molecule has 1 fully saturated rings. The van der Waals surface area contributed by atoms with Crippen LogP contribution in [0.5, 0.6) is 0 Å². The highest BCUT2D eigenvalue weighted by atomic mass is 32.1. The maximum absolute atomic E-state index is 13.6. The van der Waals surface area contributed by atoms with Gasteiger partial charge in [-0.15, -0.1) is 11.3 Å². The molecular weight excluding hydrogens is 490 g/mol. The molecule has 1 atom stereocenters. The van der Waals surface area contributed by atoms with Gasteiger partial charge in [0.2, 0.25) is 5.91 Å². The van der Waals surface area contributed by atoms with Crippen molar-refractivity contribution in [3.05, 3.63) is 58.3 Å². The van der Waals surface area contributed by atoms with Gasteiger partial charge in [0, 0.05) is 18.0 Å². The third-order valence-electron chi connectivity index (χ3n) is 5.80. The minimum Gasteiger partial charge on any atom is -0.445 e. The van der Waals surface area contributed by atoms with Gasteiger partial charge in [-0.1, -0.05) is 36.4 Å². The van der Waals surface area contributed by atoms with Gasteiger partial charge in [-0.2, -0.15) is 0 Å². The lowest BCUT2D eigenvalue weighted by atomic mass is 10.1. The average molecular weight is 530 g/mol. The number of rotatable bonds is 13. The highest BCUT2D eigenvalue weighted by molar-refractivity contribution is 7.09. The predicted octanol–water partition coefficient (Wildman–Crippen LogP) is 5.48. The molecule has 8 nitrogen and oxygen atoms in total. The van der Waals surface area contributed by atoms with Gasteiger partial charge < -0.3 is 25.0 Å². The van der Waals surface area contributed by atoms with Crippen LogP contribution in [0.3, 0.4) is 0 Å². The average Bonchev–Trinajstić information content (AvgIpc) is 3.52. The van der Waals surface area contributed by atoms with Crippen LogP contribution in [-0.4, -0.2) is 47.7 Å². The van der Waals surface area contributed by atoms with E-state index in [1.807, 2.05) is 52.7 Å².